The third-order valence-electron chi connectivity index (χ3n) is 2.70. The van der Waals surface area contributed by atoms with Crippen molar-refractivity contribution >= 4 is 11.6 Å². The van der Waals surface area contributed by atoms with Crippen LogP contribution in [0.25, 0.3) is 0 Å². The van der Waals surface area contributed by atoms with Gasteiger partial charge in [0.15, 0.2) is 0 Å². The van der Waals surface area contributed by atoms with E-state index in [0.29, 0.717) is 24.7 Å². The average molecular weight is 256 g/mol. The second-order valence-corrected chi connectivity index (χ2v) is 4.95. The highest BCUT2D eigenvalue weighted by atomic mass is 16.6. The van der Waals surface area contributed by atoms with E-state index in [0.717, 1.165) is 0 Å². The van der Waals surface area contributed by atoms with Gasteiger partial charge >= 0.3 is 5.82 Å². The highest BCUT2D eigenvalue weighted by molar-refractivity contribution is 5.56. The molecule has 0 aliphatic heterocycles. The lowest BCUT2D eigenvalue weighted by atomic mass is 10.1. The summed E-state index contributed by atoms with van der Waals surface area (Å²) in [6.07, 6.45) is 0. The van der Waals surface area contributed by atoms with Crippen LogP contribution in [-0.4, -0.2) is 38.3 Å². The predicted molar refractivity (Wildman–Crippen MR) is 68.8 cm³/mol. The molecule has 0 spiro atoms. The van der Waals surface area contributed by atoms with Crippen molar-refractivity contribution < 1.29 is 10.0 Å². The molecule has 1 rings (SSSR count). The number of aliphatic hydroxyl groups is 1. The quantitative estimate of drug-likeness (QED) is 0.632. The standard InChI is InChI=1S/C11H20N4O3/c1-6-14(7-11(3,4)16)10-9(15(17)18)12-8(2)13(10)5/h16H,6-7H2,1-5H3. The summed E-state index contributed by atoms with van der Waals surface area (Å²) in [6, 6.07) is 0. The zero-order valence-corrected chi connectivity index (χ0v) is 11.5. The summed E-state index contributed by atoms with van der Waals surface area (Å²) in [7, 11) is 1.73. The molecule has 1 heterocycles. The molecule has 0 saturated heterocycles. The average Bonchev–Trinajstić information content (AvgIpc) is 2.51. The van der Waals surface area contributed by atoms with Crippen molar-refractivity contribution in [1.29, 1.82) is 0 Å². The molecule has 0 unspecified atom stereocenters. The van der Waals surface area contributed by atoms with Gasteiger partial charge in [-0.25, -0.2) is 0 Å². The summed E-state index contributed by atoms with van der Waals surface area (Å²) in [5.74, 6) is 0.842. The first-order valence-corrected chi connectivity index (χ1v) is 5.82. The molecule has 0 saturated carbocycles. The molecule has 0 aliphatic rings. The molecule has 1 aromatic rings. The maximum absolute atomic E-state index is 11.0. The zero-order valence-electron chi connectivity index (χ0n) is 11.5. The van der Waals surface area contributed by atoms with Gasteiger partial charge in [0.05, 0.1) is 5.60 Å². The van der Waals surface area contributed by atoms with Crippen molar-refractivity contribution in [2.24, 2.45) is 7.05 Å². The van der Waals surface area contributed by atoms with E-state index in [1.165, 1.54) is 0 Å². The third kappa shape index (κ3) is 2.98. The molecule has 0 aliphatic carbocycles. The fraction of sp³-hybridized carbons (Fsp3) is 0.727. The summed E-state index contributed by atoms with van der Waals surface area (Å²) in [5.41, 5.74) is -0.929. The summed E-state index contributed by atoms with van der Waals surface area (Å²) < 4.78 is 1.67. The molecule has 0 bridgehead atoms. The molecular weight excluding hydrogens is 236 g/mol. The Morgan fingerprint density at radius 1 is 1.56 bits per heavy atom. The molecule has 0 fully saturated rings. The van der Waals surface area contributed by atoms with Crippen molar-refractivity contribution in [3.63, 3.8) is 0 Å². The predicted octanol–water partition coefficient (Wildman–Crippen LogP) is 1.23. The first-order chi connectivity index (χ1) is 8.17. The lowest BCUT2D eigenvalue weighted by molar-refractivity contribution is -0.388. The second-order valence-electron chi connectivity index (χ2n) is 4.95. The maximum Gasteiger partial charge on any atom is 0.406 e. The van der Waals surface area contributed by atoms with Gasteiger partial charge in [0, 0.05) is 27.1 Å². The number of rotatable bonds is 5. The van der Waals surface area contributed by atoms with Crippen molar-refractivity contribution in [2.75, 3.05) is 18.0 Å². The number of likely N-dealkylation sites (N-methyl/N-ethyl adjacent to an activating group) is 1. The Balaban J connectivity index is 3.24. The molecule has 0 atom stereocenters. The highest BCUT2D eigenvalue weighted by Gasteiger charge is 2.30. The van der Waals surface area contributed by atoms with Crippen LogP contribution in [0.15, 0.2) is 0 Å². The number of hydrogen-bond acceptors (Lipinski definition) is 5. The van der Waals surface area contributed by atoms with E-state index in [9.17, 15) is 15.2 Å². The SMILES string of the molecule is CCN(CC(C)(C)O)c1c([N+](=O)[O-])nc(C)n1C. The van der Waals surface area contributed by atoms with E-state index in [-0.39, 0.29) is 5.82 Å². The number of nitro groups is 1. The minimum Gasteiger partial charge on any atom is -0.389 e. The smallest absolute Gasteiger partial charge is 0.389 e. The first kappa shape index (κ1) is 14.4. The topological polar surface area (TPSA) is 84.4 Å². The second kappa shape index (κ2) is 4.93. The lowest BCUT2D eigenvalue weighted by Crippen LogP contribution is -2.39. The van der Waals surface area contributed by atoms with Crippen molar-refractivity contribution in [3.05, 3.63) is 15.9 Å². The van der Waals surface area contributed by atoms with E-state index >= 15 is 0 Å². The summed E-state index contributed by atoms with van der Waals surface area (Å²) in [6.45, 7) is 7.81. The molecule has 7 nitrogen and oxygen atoms in total. The fourth-order valence-electron chi connectivity index (χ4n) is 1.86. The van der Waals surface area contributed by atoms with E-state index in [4.69, 9.17) is 0 Å². The van der Waals surface area contributed by atoms with Gasteiger partial charge in [0.1, 0.15) is 0 Å². The number of aromatic nitrogens is 2. The summed E-state index contributed by atoms with van der Waals surface area (Å²) in [5, 5.41) is 20.9. The Kier molecular flexibility index (Phi) is 3.95. The number of anilines is 1. The molecular formula is C11H20N4O3. The molecule has 0 radical (unpaired) electrons. The van der Waals surface area contributed by atoms with E-state index in [2.05, 4.69) is 4.98 Å². The minimum absolute atomic E-state index is 0.166. The van der Waals surface area contributed by atoms with Crippen LogP contribution < -0.4 is 4.90 Å². The number of nitrogens with zero attached hydrogens (tertiary/aromatic N) is 4. The van der Waals surface area contributed by atoms with Crippen molar-refractivity contribution in [2.45, 2.75) is 33.3 Å². The maximum atomic E-state index is 11.0. The van der Waals surface area contributed by atoms with E-state index < -0.39 is 10.5 Å². The van der Waals surface area contributed by atoms with Gasteiger partial charge in [-0.1, -0.05) is 0 Å². The van der Waals surface area contributed by atoms with Gasteiger partial charge in [-0.15, -0.1) is 0 Å². The Hall–Kier alpha value is -1.63. The van der Waals surface area contributed by atoms with Crippen LogP contribution in [0.4, 0.5) is 11.6 Å². The van der Waals surface area contributed by atoms with Crippen LogP contribution in [0.3, 0.4) is 0 Å². The monoisotopic (exact) mass is 256 g/mol. The molecule has 1 N–H and O–H groups in total. The van der Waals surface area contributed by atoms with Gasteiger partial charge < -0.3 is 20.1 Å². The summed E-state index contributed by atoms with van der Waals surface area (Å²) >= 11 is 0. The highest BCUT2D eigenvalue weighted by Crippen LogP contribution is 2.28. The summed E-state index contributed by atoms with van der Waals surface area (Å²) in [4.78, 5) is 16.2. The molecule has 102 valence electrons. The van der Waals surface area contributed by atoms with E-state index in [1.54, 1.807) is 37.3 Å². The van der Waals surface area contributed by atoms with Crippen molar-refractivity contribution in [1.82, 2.24) is 9.55 Å². The Morgan fingerprint density at radius 2 is 2.11 bits per heavy atom. The Morgan fingerprint density at radius 3 is 2.50 bits per heavy atom. The molecule has 1 aromatic heterocycles. The van der Waals surface area contributed by atoms with Gasteiger partial charge in [-0.05, 0) is 30.7 Å². The lowest BCUT2D eigenvalue weighted by Gasteiger charge is -2.28. The van der Waals surface area contributed by atoms with Crippen LogP contribution in [0.2, 0.25) is 0 Å². The minimum atomic E-state index is -0.929. The van der Waals surface area contributed by atoms with Crippen LogP contribution in [0.5, 0.6) is 0 Å². The van der Waals surface area contributed by atoms with Crippen molar-refractivity contribution in [3.8, 4) is 0 Å². The molecule has 7 heteroatoms. The van der Waals surface area contributed by atoms with E-state index in [1.807, 2.05) is 6.92 Å². The first-order valence-electron chi connectivity index (χ1n) is 5.82. The molecule has 0 amide bonds. The number of aryl methyl sites for hydroxylation is 1. The fourth-order valence-corrected chi connectivity index (χ4v) is 1.86. The number of hydrogen-bond donors (Lipinski definition) is 1. The normalized spacial score (nSPS) is 11.7. The van der Waals surface area contributed by atoms with Crippen LogP contribution >= 0.6 is 0 Å². The van der Waals surface area contributed by atoms with Crippen LogP contribution in [-0.2, 0) is 7.05 Å². The van der Waals surface area contributed by atoms with Gasteiger partial charge in [0.25, 0.3) is 0 Å². The van der Waals surface area contributed by atoms with Crippen LogP contribution in [0.1, 0.15) is 26.6 Å². The largest absolute Gasteiger partial charge is 0.406 e. The van der Waals surface area contributed by atoms with Crippen LogP contribution in [0, 0.1) is 17.0 Å². The number of imidazole rings is 1. The molecule has 18 heavy (non-hydrogen) atoms. The molecule has 0 aromatic carbocycles. The van der Waals surface area contributed by atoms with Gasteiger partial charge in [-0.2, -0.15) is 0 Å². The van der Waals surface area contributed by atoms with Gasteiger partial charge in [0.2, 0.25) is 11.6 Å². The Labute approximate surface area is 106 Å². The Bertz CT molecular complexity index is 448. The zero-order chi connectivity index (χ0) is 14.1. The van der Waals surface area contributed by atoms with Gasteiger partial charge in [-0.3, -0.25) is 4.57 Å². The third-order valence-corrected chi connectivity index (χ3v) is 2.70.